The van der Waals surface area contributed by atoms with Gasteiger partial charge in [0, 0.05) is 12.6 Å². The van der Waals surface area contributed by atoms with E-state index in [0.717, 1.165) is 5.56 Å². The highest BCUT2D eigenvalue weighted by Crippen LogP contribution is 2.13. The van der Waals surface area contributed by atoms with Crippen LogP contribution in [0.15, 0.2) is 76.1 Å². The third-order valence-electron chi connectivity index (χ3n) is 4.82. The first-order valence-corrected chi connectivity index (χ1v) is 10.0. The molecule has 2 heterocycles. The minimum absolute atomic E-state index is 0.0519. The van der Waals surface area contributed by atoms with Gasteiger partial charge in [0.25, 0.3) is 5.56 Å². The third-order valence-corrected chi connectivity index (χ3v) is 4.82. The van der Waals surface area contributed by atoms with Crippen LogP contribution in [0.1, 0.15) is 24.1 Å². The molecule has 0 unspecified atom stereocenters. The van der Waals surface area contributed by atoms with Gasteiger partial charge < -0.3 is 14.5 Å². The van der Waals surface area contributed by atoms with Gasteiger partial charge in [-0.25, -0.2) is 4.98 Å². The lowest BCUT2D eigenvalue weighted by Gasteiger charge is -2.13. The van der Waals surface area contributed by atoms with Gasteiger partial charge in [0.15, 0.2) is 5.82 Å². The molecule has 32 heavy (non-hydrogen) atoms. The zero-order chi connectivity index (χ0) is 22.5. The van der Waals surface area contributed by atoms with E-state index in [-0.39, 0.29) is 31.0 Å². The summed E-state index contributed by atoms with van der Waals surface area (Å²) in [7, 11) is 0. The van der Waals surface area contributed by atoms with Gasteiger partial charge in [-0.2, -0.15) is 0 Å². The zero-order valence-electron chi connectivity index (χ0n) is 17.4. The summed E-state index contributed by atoms with van der Waals surface area (Å²) < 4.78 is 12.3. The Kier molecular flexibility index (Phi) is 6.12. The maximum atomic E-state index is 13.0. The van der Waals surface area contributed by atoms with E-state index in [1.54, 1.807) is 60.7 Å². The summed E-state index contributed by atoms with van der Waals surface area (Å²) in [6.45, 7) is 1.46. The second-order valence-corrected chi connectivity index (χ2v) is 7.23. The second-order valence-electron chi connectivity index (χ2n) is 7.23. The largest absolute Gasteiger partial charge is 0.467 e. The second kappa shape index (κ2) is 9.30. The molecule has 0 spiro atoms. The van der Waals surface area contributed by atoms with E-state index >= 15 is 0 Å². The number of anilines is 1. The van der Waals surface area contributed by atoms with E-state index in [1.807, 2.05) is 0 Å². The summed E-state index contributed by atoms with van der Waals surface area (Å²) in [4.78, 5) is 41.1. The Morgan fingerprint density at radius 2 is 1.84 bits per heavy atom. The zero-order valence-corrected chi connectivity index (χ0v) is 17.4. The van der Waals surface area contributed by atoms with Crippen LogP contribution in [0.5, 0.6) is 0 Å². The molecule has 0 saturated carbocycles. The molecular weight excluding hydrogens is 410 g/mol. The van der Waals surface area contributed by atoms with E-state index in [9.17, 15) is 14.4 Å². The molecule has 0 radical (unpaired) electrons. The molecule has 1 N–H and O–H groups in total. The van der Waals surface area contributed by atoms with Crippen molar-refractivity contribution in [2.24, 2.45) is 0 Å². The number of hydrogen-bond acceptors (Lipinski definition) is 6. The van der Waals surface area contributed by atoms with Crippen molar-refractivity contribution in [3.8, 4) is 0 Å². The summed E-state index contributed by atoms with van der Waals surface area (Å²) in [5.41, 5.74) is 1.69. The monoisotopic (exact) mass is 431 g/mol. The lowest BCUT2D eigenvalue weighted by atomic mass is 10.1. The number of rotatable bonds is 7. The number of furan rings is 1. The van der Waals surface area contributed by atoms with Crippen LogP contribution in [0.4, 0.5) is 5.69 Å². The number of para-hydroxylation sites is 1. The molecule has 162 valence electrons. The van der Waals surface area contributed by atoms with Crippen molar-refractivity contribution in [3.63, 3.8) is 0 Å². The summed E-state index contributed by atoms with van der Waals surface area (Å²) in [6.07, 6.45) is 1.59. The first-order valence-electron chi connectivity index (χ1n) is 10.0. The van der Waals surface area contributed by atoms with Crippen molar-refractivity contribution in [2.75, 3.05) is 5.32 Å². The molecule has 0 atom stereocenters. The van der Waals surface area contributed by atoms with Crippen LogP contribution in [-0.4, -0.2) is 21.4 Å². The Labute approximate surface area is 183 Å². The van der Waals surface area contributed by atoms with Crippen LogP contribution in [0, 0.1) is 0 Å². The van der Waals surface area contributed by atoms with Gasteiger partial charge in [0.05, 0.1) is 30.1 Å². The topological polar surface area (TPSA) is 103 Å². The Morgan fingerprint density at radius 1 is 1.06 bits per heavy atom. The van der Waals surface area contributed by atoms with E-state index in [4.69, 9.17) is 9.15 Å². The average molecular weight is 431 g/mol. The molecule has 2 aromatic carbocycles. The fraction of sp³-hybridized carbons (Fsp3) is 0.167. The smallest absolute Gasteiger partial charge is 0.310 e. The molecule has 0 fully saturated rings. The number of esters is 1. The molecule has 2 aromatic heterocycles. The lowest BCUT2D eigenvalue weighted by Crippen LogP contribution is -2.27. The van der Waals surface area contributed by atoms with Gasteiger partial charge in [-0.3, -0.25) is 19.0 Å². The van der Waals surface area contributed by atoms with Crippen molar-refractivity contribution in [1.29, 1.82) is 0 Å². The molecule has 0 saturated heterocycles. The number of fused-ring (bicyclic) bond motifs is 1. The Bertz CT molecular complexity index is 1310. The number of ether oxygens (including phenoxy) is 1. The Hall–Kier alpha value is -4.20. The van der Waals surface area contributed by atoms with Crippen LogP contribution >= 0.6 is 0 Å². The Morgan fingerprint density at radius 3 is 2.56 bits per heavy atom. The van der Waals surface area contributed by atoms with Gasteiger partial charge >= 0.3 is 5.97 Å². The minimum atomic E-state index is -0.454. The predicted molar refractivity (Wildman–Crippen MR) is 118 cm³/mol. The van der Waals surface area contributed by atoms with Crippen molar-refractivity contribution in [2.45, 2.75) is 26.5 Å². The van der Waals surface area contributed by atoms with E-state index in [1.165, 1.54) is 17.8 Å². The van der Waals surface area contributed by atoms with Gasteiger partial charge in [0.1, 0.15) is 12.4 Å². The number of amides is 1. The first kappa shape index (κ1) is 21.0. The van der Waals surface area contributed by atoms with E-state index in [2.05, 4.69) is 10.3 Å². The summed E-state index contributed by atoms with van der Waals surface area (Å²) in [6, 6.07) is 17.5. The number of benzene rings is 2. The molecular formula is C24H21N3O5. The number of carbonyl (C=O) groups excluding carboxylic acids is 2. The summed E-state index contributed by atoms with van der Waals surface area (Å²) >= 11 is 0. The number of nitrogens with one attached hydrogen (secondary N) is 1. The molecule has 4 rings (SSSR count). The fourth-order valence-electron chi connectivity index (χ4n) is 3.32. The van der Waals surface area contributed by atoms with E-state index in [0.29, 0.717) is 28.2 Å². The molecule has 8 heteroatoms. The molecule has 1 amide bonds. The first-order chi connectivity index (χ1) is 15.5. The van der Waals surface area contributed by atoms with Gasteiger partial charge in [-0.05, 0) is 42.0 Å². The quantitative estimate of drug-likeness (QED) is 0.451. The van der Waals surface area contributed by atoms with Gasteiger partial charge in [0.2, 0.25) is 5.91 Å². The Balaban J connectivity index is 1.51. The van der Waals surface area contributed by atoms with Gasteiger partial charge in [-0.15, -0.1) is 0 Å². The fourth-order valence-corrected chi connectivity index (χ4v) is 3.32. The molecule has 0 bridgehead atoms. The maximum absolute atomic E-state index is 13.0. The van der Waals surface area contributed by atoms with Crippen molar-refractivity contribution in [3.05, 3.63) is 94.4 Å². The van der Waals surface area contributed by atoms with Gasteiger partial charge in [-0.1, -0.05) is 24.3 Å². The predicted octanol–water partition coefficient (Wildman–Crippen LogP) is 3.28. The number of aromatic nitrogens is 2. The molecule has 0 aliphatic heterocycles. The van der Waals surface area contributed by atoms with Crippen molar-refractivity contribution >= 4 is 28.5 Å². The van der Waals surface area contributed by atoms with Crippen LogP contribution in [-0.2, 0) is 33.9 Å². The normalized spacial score (nSPS) is 10.8. The van der Waals surface area contributed by atoms with Crippen LogP contribution < -0.4 is 10.9 Å². The molecule has 0 aliphatic rings. The molecule has 0 aliphatic carbocycles. The van der Waals surface area contributed by atoms with Crippen molar-refractivity contribution < 1.29 is 18.7 Å². The van der Waals surface area contributed by atoms with Crippen LogP contribution in [0.2, 0.25) is 0 Å². The highest BCUT2D eigenvalue weighted by molar-refractivity contribution is 5.88. The average Bonchev–Trinajstić information content (AvgIpc) is 3.29. The van der Waals surface area contributed by atoms with Crippen LogP contribution in [0.25, 0.3) is 10.9 Å². The van der Waals surface area contributed by atoms with Crippen LogP contribution in [0.3, 0.4) is 0 Å². The lowest BCUT2D eigenvalue weighted by molar-refractivity contribution is -0.144. The maximum Gasteiger partial charge on any atom is 0.310 e. The SMILES string of the molecule is CC(=O)Nc1ccc(CC(=O)OCc2nc3ccccc3c(=O)n2Cc2ccco2)cc1. The summed E-state index contributed by atoms with van der Waals surface area (Å²) in [5, 5.41) is 3.15. The number of carbonyl (C=O) groups is 2. The molecule has 8 nitrogen and oxygen atoms in total. The number of hydrogen-bond donors (Lipinski definition) is 1. The minimum Gasteiger partial charge on any atom is -0.467 e. The highest BCUT2D eigenvalue weighted by atomic mass is 16.5. The highest BCUT2D eigenvalue weighted by Gasteiger charge is 2.15. The van der Waals surface area contributed by atoms with E-state index < -0.39 is 5.97 Å². The molecule has 4 aromatic rings. The number of nitrogens with zero attached hydrogens (tertiary/aromatic N) is 2. The summed E-state index contributed by atoms with van der Waals surface area (Å²) in [5.74, 6) is 0.306. The van der Waals surface area contributed by atoms with Crippen molar-refractivity contribution in [1.82, 2.24) is 9.55 Å². The third kappa shape index (κ3) is 4.92. The standard InChI is InChI=1S/C24H21N3O5/c1-16(28)25-18-10-8-17(9-11-18)13-23(29)32-15-22-26-21-7-3-2-6-20(21)24(30)27(22)14-19-5-4-12-31-19/h2-12H,13-15H2,1H3,(H,25,28).